The summed E-state index contributed by atoms with van der Waals surface area (Å²) in [4.78, 5) is 4.30. The minimum atomic E-state index is 0.791. The first kappa shape index (κ1) is 13.6. The molecule has 1 aromatic rings. The average Bonchev–Trinajstić information content (AvgIpc) is 3.07. The Bertz CT molecular complexity index is 411. The van der Waals surface area contributed by atoms with Gasteiger partial charge in [-0.25, -0.2) is 0 Å². The molecule has 3 rings (SSSR count). The van der Waals surface area contributed by atoms with E-state index in [1.807, 2.05) is 12.4 Å². The van der Waals surface area contributed by atoms with Crippen molar-refractivity contribution in [1.29, 1.82) is 0 Å². The van der Waals surface area contributed by atoms with E-state index in [0.717, 1.165) is 22.4 Å². The van der Waals surface area contributed by atoms with Crippen LogP contribution >= 0.6 is 15.9 Å². The molecule has 2 saturated carbocycles. The van der Waals surface area contributed by atoms with Crippen molar-refractivity contribution < 1.29 is 0 Å². The Balaban J connectivity index is 1.62. The molecule has 2 nitrogen and oxygen atoms in total. The fourth-order valence-electron chi connectivity index (χ4n) is 3.31. The molecule has 2 fully saturated rings. The zero-order chi connectivity index (χ0) is 13.1. The first-order valence-corrected chi connectivity index (χ1v) is 8.43. The number of hydrogen-bond acceptors (Lipinski definition) is 2. The standard InChI is InChI=1S/C16H23BrN2/c17-15-8-12(9-18-11-15)7-14(10-19-16-5-6-16)13-3-1-2-4-13/h8-9,11,13-14,16,19H,1-7,10H2. The van der Waals surface area contributed by atoms with Crippen LogP contribution in [0.5, 0.6) is 0 Å². The predicted molar refractivity (Wildman–Crippen MR) is 82.1 cm³/mol. The molecule has 1 heterocycles. The highest BCUT2D eigenvalue weighted by atomic mass is 79.9. The van der Waals surface area contributed by atoms with Gasteiger partial charge in [0.1, 0.15) is 0 Å². The molecule has 0 saturated heterocycles. The van der Waals surface area contributed by atoms with Gasteiger partial charge in [0.15, 0.2) is 0 Å². The zero-order valence-electron chi connectivity index (χ0n) is 11.4. The zero-order valence-corrected chi connectivity index (χ0v) is 13.0. The molecule has 0 spiro atoms. The fraction of sp³-hybridized carbons (Fsp3) is 0.688. The van der Waals surface area contributed by atoms with Crippen LogP contribution in [0.1, 0.15) is 44.1 Å². The minimum absolute atomic E-state index is 0.791. The fourth-order valence-corrected chi connectivity index (χ4v) is 3.72. The van der Waals surface area contributed by atoms with Crippen LogP contribution < -0.4 is 5.32 Å². The monoisotopic (exact) mass is 322 g/mol. The van der Waals surface area contributed by atoms with Crippen molar-refractivity contribution >= 4 is 15.9 Å². The highest BCUT2D eigenvalue weighted by Gasteiger charge is 2.28. The van der Waals surface area contributed by atoms with Gasteiger partial charge in [0.2, 0.25) is 0 Å². The summed E-state index contributed by atoms with van der Waals surface area (Å²) in [6.07, 6.45) is 13.6. The third kappa shape index (κ3) is 4.03. The third-order valence-electron chi connectivity index (χ3n) is 4.57. The number of nitrogens with one attached hydrogen (secondary N) is 1. The highest BCUT2D eigenvalue weighted by Crippen LogP contribution is 2.33. The Morgan fingerprint density at radius 1 is 1.21 bits per heavy atom. The Kier molecular flexibility index (Phi) is 4.54. The molecule has 1 aromatic heterocycles. The van der Waals surface area contributed by atoms with Crippen molar-refractivity contribution in [3.05, 3.63) is 28.5 Å². The summed E-state index contributed by atoms with van der Waals surface area (Å²) in [7, 11) is 0. The summed E-state index contributed by atoms with van der Waals surface area (Å²) in [6.45, 7) is 1.20. The normalized spacial score (nSPS) is 21.7. The lowest BCUT2D eigenvalue weighted by Crippen LogP contribution is -2.30. The van der Waals surface area contributed by atoms with Gasteiger partial charge in [0.25, 0.3) is 0 Å². The number of pyridine rings is 1. The Labute approximate surface area is 124 Å². The van der Waals surface area contributed by atoms with Gasteiger partial charge in [-0.1, -0.05) is 25.7 Å². The second-order valence-electron chi connectivity index (χ2n) is 6.20. The summed E-state index contributed by atoms with van der Waals surface area (Å²) >= 11 is 3.53. The van der Waals surface area contributed by atoms with Crippen LogP contribution in [0.3, 0.4) is 0 Å². The molecule has 0 radical (unpaired) electrons. The first-order chi connectivity index (χ1) is 9.31. The van der Waals surface area contributed by atoms with Crippen molar-refractivity contribution in [2.24, 2.45) is 11.8 Å². The Hall–Kier alpha value is -0.410. The number of nitrogens with zero attached hydrogens (tertiary/aromatic N) is 1. The summed E-state index contributed by atoms with van der Waals surface area (Å²) in [5, 5.41) is 3.74. The van der Waals surface area contributed by atoms with Gasteiger partial charge in [-0.3, -0.25) is 4.98 Å². The quantitative estimate of drug-likeness (QED) is 0.857. The number of halogens is 1. The number of rotatable bonds is 6. The van der Waals surface area contributed by atoms with Crippen LogP contribution in [0.2, 0.25) is 0 Å². The van der Waals surface area contributed by atoms with E-state index in [1.54, 1.807) is 0 Å². The van der Waals surface area contributed by atoms with Gasteiger partial charge >= 0.3 is 0 Å². The molecule has 0 bridgehead atoms. The van der Waals surface area contributed by atoms with E-state index in [0.29, 0.717) is 0 Å². The lowest BCUT2D eigenvalue weighted by molar-refractivity contribution is 0.320. The topological polar surface area (TPSA) is 24.9 Å². The van der Waals surface area contributed by atoms with Crippen LogP contribution in [-0.2, 0) is 6.42 Å². The molecule has 0 aliphatic heterocycles. The van der Waals surface area contributed by atoms with Crippen LogP contribution in [0.4, 0.5) is 0 Å². The van der Waals surface area contributed by atoms with E-state index in [9.17, 15) is 0 Å². The molecule has 3 heteroatoms. The van der Waals surface area contributed by atoms with Crippen molar-refractivity contribution in [3.63, 3.8) is 0 Å². The predicted octanol–water partition coefficient (Wildman–Crippen LogP) is 3.95. The molecule has 104 valence electrons. The van der Waals surface area contributed by atoms with Crippen molar-refractivity contribution in [3.8, 4) is 0 Å². The van der Waals surface area contributed by atoms with Gasteiger partial charge in [0, 0.05) is 22.9 Å². The van der Waals surface area contributed by atoms with Crippen LogP contribution in [0, 0.1) is 11.8 Å². The van der Waals surface area contributed by atoms with E-state index in [4.69, 9.17) is 0 Å². The maximum atomic E-state index is 4.30. The summed E-state index contributed by atoms with van der Waals surface area (Å²) in [6, 6.07) is 3.05. The largest absolute Gasteiger partial charge is 0.314 e. The summed E-state index contributed by atoms with van der Waals surface area (Å²) < 4.78 is 1.10. The highest BCUT2D eigenvalue weighted by molar-refractivity contribution is 9.10. The van der Waals surface area contributed by atoms with Gasteiger partial charge in [-0.05, 0) is 65.2 Å². The summed E-state index contributed by atoms with van der Waals surface area (Å²) in [5.41, 5.74) is 1.38. The smallest absolute Gasteiger partial charge is 0.0410 e. The average molecular weight is 323 g/mol. The molecule has 0 aromatic carbocycles. The van der Waals surface area contributed by atoms with Crippen LogP contribution in [-0.4, -0.2) is 17.6 Å². The lowest BCUT2D eigenvalue weighted by Gasteiger charge is -2.24. The van der Waals surface area contributed by atoms with Crippen LogP contribution in [0.25, 0.3) is 0 Å². The molecular weight excluding hydrogens is 300 g/mol. The van der Waals surface area contributed by atoms with E-state index in [2.05, 4.69) is 32.3 Å². The molecule has 1 N–H and O–H groups in total. The van der Waals surface area contributed by atoms with E-state index >= 15 is 0 Å². The Morgan fingerprint density at radius 3 is 2.68 bits per heavy atom. The Morgan fingerprint density at radius 2 is 2.00 bits per heavy atom. The molecule has 1 unspecified atom stereocenters. The second kappa shape index (κ2) is 6.36. The molecule has 19 heavy (non-hydrogen) atoms. The number of hydrogen-bond donors (Lipinski definition) is 1. The molecular formula is C16H23BrN2. The van der Waals surface area contributed by atoms with Gasteiger partial charge < -0.3 is 5.32 Å². The van der Waals surface area contributed by atoms with Crippen molar-refractivity contribution in [2.45, 2.75) is 51.0 Å². The lowest BCUT2D eigenvalue weighted by atomic mass is 9.86. The molecule has 1 atom stereocenters. The first-order valence-electron chi connectivity index (χ1n) is 7.64. The second-order valence-corrected chi connectivity index (χ2v) is 7.12. The van der Waals surface area contributed by atoms with Gasteiger partial charge in [-0.2, -0.15) is 0 Å². The van der Waals surface area contributed by atoms with Crippen molar-refractivity contribution in [1.82, 2.24) is 10.3 Å². The maximum absolute atomic E-state index is 4.30. The minimum Gasteiger partial charge on any atom is -0.314 e. The molecule has 2 aliphatic rings. The molecule has 0 amide bonds. The SMILES string of the molecule is Brc1cncc(CC(CNC2CC2)C2CCCC2)c1. The molecule has 2 aliphatic carbocycles. The van der Waals surface area contributed by atoms with Crippen LogP contribution in [0.15, 0.2) is 22.9 Å². The summed E-state index contributed by atoms with van der Waals surface area (Å²) in [5.74, 6) is 1.71. The third-order valence-corrected chi connectivity index (χ3v) is 5.01. The van der Waals surface area contributed by atoms with E-state index in [1.165, 1.54) is 57.1 Å². The van der Waals surface area contributed by atoms with Gasteiger partial charge in [0.05, 0.1) is 0 Å². The van der Waals surface area contributed by atoms with Crippen molar-refractivity contribution in [2.75, 3.05) is 6.54 Å². The van der Waals surface area contributed by atoms with E-state index < -0.39 is 0 Å². The number of aromatic nitrogens is 1. The maximum Gasteiger partial charge on any atom is 0.0410 e. The van der Waals surface area contributed by atoms with Gasteiger partial charge in [-0.15, -0.1) is 0 Å². The van der Waals surface area contributed by atoms with E-state index in [-0.39, 0.29) is 0 Å².